The summed E-state index contributed by atoms with van der Waals surface area (Å²) in [5.74, 6) is -0.224. The van der Waals surface area contributed by atoms with Crippen LogP contribution in [-0.2, 0) is 6.42 Å². The fraction of sp³-hybridized carbons (Fsp3) is 0.250. The monoisotopic (exact) mass is 322 g/mol. The Balaban J connectivity index is 2.18. The Morgan fingerprint density at radius 2 is 1.84 bits per heavy atom. The maximum atomic E-state index is 13.2. The molecular weight excluding hydrogens is 307 g/mol. The molecule has 0 aromatic heterocycles. The lowest BCUT2D eigenvalue weighted by molar-refractivity contribution is 0.264. The number of aliphatic hydroxyl groups excluding tert-OH is 1. The summed E-state index contributed by atoms with van der Waals surface area (Å²) in [6.45, 7) is 2.12. The van der Waals surface area contributed by atoms with E-state index in [9.17, 15) is 9.50 Å². The molecule has 1 nitrogen and oxygen atoms in total. The molecule has 0 saturated heterocycles. The molecule has 1 atom stereocenters. The van der Waals surface area contributed by atoms with Crippen LogP contribution < -0.4 is 0 Å². The molecular formula is C16H16BrFO. The van der Waals surface area contributed by atoms with Gasteiger partial charge in [0.05, 0.1) is 11.1 Å². The van der Waals surface area contributed by atoms with Crippen molar-refractivity contribution in [1.82, 2.24) is 0 Å². The van der Waals surface area contributed by atoms with Crippen molar-refractivity contribution in [3.05, 3.63) is 69.4 Å². The molecule has 2 aromatic carbocycles. The zero-order valence-corrected chi connectivity index (χ0v) is 12.3. The van der Waals surface area contributed by atoms with Crippen LogP contribution in [0.2, 0.25) is 0 Å². The SMILES string of the molecule is Cc1ccc(C(CO)Cc2ccc(F)c(Br)c2)cc1. The molecule has 19 heavy (non-hydrogen) atoms. The van der Waals surface area contributed by atoms with E-state index < -0.39 is 0 Å². The standard InChI is InChI=1S/C16H16BrFO/c1-11-2-5-13(6-3-11)14(10-19)8-12-4-7-16(18)15(17)9-12/h2-7,9,14,19H,8,10H2,1H3. The minimum Gasteiger partial charge on any atom is -0.396 e. The van der Waals surface area contributed by atoms with Crippen molar-refractivity contribution in [1.29, 1.82) is 0 Å². The summed E-state index contributed by atoms with van der Waals surface area (Å²) in [6.07, 6.45) is 0.693. The zero-order valence-electron chi connectivity index (χ0n) is 10.7. The van der Waals surface area contributed by atoms with Crippen LogP contribution in [-0.4, -0.2) is 11.7 Å². The van der Waals surface area contributed by atoms with Crippen molar-refractivity contribution in [2.75, 3.05) is 6.61 Å². The van der Waals surface area contributed by atoms with Gasteiger partial charge in [-0.3, -0.25) is 0 Å². The van der Waals surface area contributed by atoms with Gasteiger partial charge < -0.3 is 5.11 Å². The normalized spacial score (nSPS) is 12.4. The van der Waals surface area contributed by atoms with E-state index in [-0.39, 0.29) is 18.3 Å². The van der Waals surface area contributed by atoms with Crippen molar-refractivity contribution in [3.8, 4) is 0 Å². The number of benzene rings is 2. The average Bonchev–Trinajstić information content (AvgIpc) is 2.41. The van der Waals surface area contributed by atoms with E-state index in [0.717, 1.165) is 11.1 Å². The second-order valence-electron chi connectivity index (χ2n) is 4.74. The van der Waals surface area contributed by atoms with E-state index >= 15 is 0 Å². The van der Waals surface area contributed by atoms with E-state index in [4.69, 9.17) is 0 Å². The minimum atomic E-state index is -0.264. The Labute approximate surface area is 121 Å². The highest BCUT2D eigenvalue weighted by Crippen LogP contribution is 2.24. The highest BCUT2D eigenvalue weighted by molar-refractivity contribution is 9.10. The Bertz CT molecular complexity index is 551. The molecule has 0 heterocycles. The first-order chi connectivity index (χ1) is 9.10. The van der Waals surface area contributed by atoms with Crippen LogP contribution in [0.5, 0.6) is 0 Å². The third kappa shape index (κ3) is 3.64. The molecule has 2 rings (SSSR count). The maximum absolute atomic E-state index is 13.2. The largest absolute Gasteiger partial charge is 0.396 e. The van der Waals surface area contributed by atoms with Gasteiger partial charge >= 0.3 is 0 Å². The van der Waals surface area contributed by atoms with Gasteiger partial charge in [-0.15, -0.1) is 0 Å². The van der Waals surface area contributed by atoms with Crippen LogP contribution in [0.3, 0.4) is 0 Å². The van der Waals surface area contributed by atoms with Gasteiger partial charge in [-0.2, -0.15) is 0 Å². The summed E-state index contributed by atoms with van der Waals surface area (Å²) >= 11 is 3.19. The van der Waals surface area contributed by atoms with Crippen molar-refractivity contribution < 1.29 is 9.50 Å². The Morgan fingerprint density at radius 1 is 1.16 bits per heavy atom. The van der Waals surface area contributed by atoms with Crippen molar-refractivity contribution >= 4 is 15.9 Å². The second kappa shape index (κ2) is 6.31. The van der Waals surface area contributed by atoms with Crippen molar-refractivity contribution in [3.63, 3.8) is 0 Å². The molecule has 1 N–H and O–H groups in total. The van der Waals surface area contributed by atoms with Crippen molar-refractivity contribution in [2.45, 2.75) is 19.3 Å². The summed E-state index contributed by atoms with van der Waals surface area (Å²) < 4.78 is 13.7. The van der Waals surface area contributed by atoms with Crippen LogP contribution in [0.1, 0.15) is 22.6 Å². The molecule has 0 bridgehead atoms. The first-order valence-corrected chi connectivity index (χ1v) is 7.01. The average molecular weight is 323 g/mol. The summed E-state index contributed by atoms with van der Waals surface area (Å²) in [6, 6.07) is 13.1. The lowest BCUT2D eigenvalue weighted by Crippen LogP contribution is -2.08. The Hall–Kier alpha value is -1.19. The fourth-order valence-electron chi connectivity index (χ4n) is 2.08. The van der Waals surface area contributed by atoms with E-state index in [1.54, 1.807) is 12.1 Å². The van der Waals surface area contributed by atoms with Gasteiger partial charge in [0.25, 0.3) is 0 Å². The fourth-order valence-corrected chi connectivity index (χ4v) is 2.50. The molecule has 0 aliphatic rings. The van der Waals surface area contributed by atoms with E-state index in [1.165, 1.54) is 11.6 Å². The first kappa shape index (κ1) is 14.2. The lowest BCUT2D eigenvalue weighted by atomic mass is 9.92. The molecule has 0 amide bonds. The van der Waals surface area contributed by atoms with Crippen LogP contribution in [0.4, 0.5) is 4.39 Å². The van der Waals surface area contributed by atoms with Crippen LogP contribution in [0.25, 0.3) is 0 Å². The number of aliphatic hydroxyl groups is 1. The van der Waals surface area contributed by atoms with Crippen LogP contribution in [0.15, 0.2) is 46.9 Å². The predicted octanol–water partition coefficient (Wildman–Crippen LogP) is 4.22. The van der Waals surface area contributed by atoms with Crippen LogP contribution >= 0.6 is 15.9 Å². The highest BCUT2D eigenvalue weighted by atomic mass is 79.9. The summed E-state index contributed by atoms with van der Waals surface area (Å²) in [4.78, 5) is 0. The smallest absolute Gasteiger partial charge is 0.137 e. The first-order valence-electron chi connectivity index (χ1n) is 6.21. The zero-order chi connectivity index (χ0) is 13.8. The van der Waals surface area contributed by atoms with E-state index in [2.05, 4.69) is 15.9 Å². The van der Waals surface area contributed by atoms with Gasteiger partial charge in [-0.25, -0.2) is 4.39 Å². The number of hydrogen-bond acceptors (Lipinski definition) is 1. The van der Waals surface area contributed by atoms with Gasteiger partial charge in [0.2, 0.25) is 0 Å². The van der Waals surface area contributed by atoms with E-state index in [0.29, 0.717) is 10.9 Å². The Morgan fingerprint density at radius 3 is 2.42 bits per heavy atom. The van der Waals surface area contributed by atoms with Crippen molar-refractivity contribution in [2.24, 2.45) is 0 Å². The number of rotatable bonds is 4. The van der Waals surface area contributed by atoms with Gasteiger partial charge in [0.15, 0.2) is 0 Å². The molecule has 0 saturated carbocycles. The van der Waals surface area contributed by atoms with E-state index in [1.807, 2.05) is 31.2 Å². The van der Waals surface area contributed by atoms with Gasteiger partial charge in [-0.1, -0.05) is 35.9 Å². The van der Waals surface area contributed by atoms with Crippen LogP contribution in [0, 0.1) is 12.7 Å². The molecule has 0 radical (unpaired) electrons. The molecule has 0 fully saturated rings. The third-order valence-corrected chi connectivity index (χ3v) is 3.84. The molecule has 2 aromatic rings. The quantitative estimate of drug-likeness (QED) is 0.893. The van der Waals surface area contributed by atoms with Gasteiger partial charge in [-0.05, 0) is 52.5 Å². The second-order valence-corrected chi connectivity index (χ2v) is 5.60. The summed E-state index contributed by atoms with van der Waals surface area (Å²) in [5, 5.41) is 9.55. The molecule has 0 aliphatic carbocycles. The predicted molar refractivity (Wildman–Crippen MR) is 78.8 cm³/mol. The molecule has 1 unspecified atom stereocenters. The number of aryl methyl sites for hydroxylation is 1. The Kier molecular flexibility index (Phi) is 4.72. The number of halogens is 2. The molecule has 0 spiro atoms. The summed E-state index contributed by atoms with van der Waals surface area (Å²) in [7, 11) is 0. The maximum Gasteiger partial charge on any atom is 0.137 e. The van der Waals surface area contributed by atoms with Gasteiger partial charge in [0, 0.05) is 5.92 Å². The summed E-state index contributed by atoms with van der Waals surface area (Å²) in [5.41, 5.74) is 3.31. The molecule has 100 valence electrons. The molecule has 0 aliphatic heterocycles. The van der Waals surface area contributed by atoms with Gasteiger partial charge in [0.1, 0.15) is 5.82 Å². The topological polar surface area (TPSA) is 20.2 Å². The number of hydrogen-bond donors (Lipinski definition) is 1. The molecule has 3 heteroatoms. The highest BCUT2D eigenvalue weighted by Gasteiger charge is 2.12. The minimum absolute atomic E-state index is 0.0398. The lowest BCUT2D eigenvalue weighted by Gasteiger charge is -2.15. The third-order valence-electron chi connectivity index (χ3n) is 3.24.